The van der Waals surface area contributed by atoms with Crippen LogP contribution in [0.5, 0.6) is 0 Å². The Morgan fingerprint density at radius 2 is 1.78 bits per heavy atom. The maximum Gasteiger partial charge on any atom is 0.407 e. The Morgan fingerprint density at radius 3 is 2.56 bits per heavy atom. The van der Waals surface area contributed by atoms with Crippen LogP contribution in [0.2, 0.25) is 0 Å². The second-order valence-electron chi connectivity index (χ2n) is 7.47. The fraction of sp³-hybridized carbons (Fsp3) is 0.810. The van der Waals surface area contributed by atoms with E-state index in [1.807, 2.05) is 0 Å². The fourth-order valence-corrected chi connectivity index (χ4v) is 3.50. The zero-order valence-corrected chi connectivity index (χ0v) is 16.8. The van der Waals surface area contributed by atoms with Crippen LogP contribution < -0.4 is 5.32 Å². The van der Waals surface area contributed by atoms with Crippen molar-refractivity contribution in [3.8, 4) is 11.8 Å². The lowest BCUT2D eigenvalue weighted by atomic mass is 10.1. The Labute approximate surface area is 164 Å². The van der Waals surface area contributed by atoms with Crippen LogP contribution in [0.15, 0.2) is 0 Å². The van der Waals surface area contributed by atoms with Crippen LogP contribution in [0.3, 0.4) is 0 Å². The largest absolute Gasteiger partial charge is 0.436 e. The van der Waals surface area contributed by atoms with Gasteiger partial charge in [0.05, 0.1) is 13.1 Å². The van der Waals surface area contributed by atoms with Crippen LogP contribution in [0, 0.1) is 11.8 Å². The Bertz CT molecular complexity index is 521. The van der Waals surface area contributed by atoms with Crippen molar-refractivity contribution in [2.24, 2.45) is 0 Å². The Morgan fingerprint density at radius 1 is 1.07 bits per heavy atom. The van der Waals surface area contributed by atoms with E-state index in [-0.39, 0.29) is 5.91 Å². The third kappa shape index (κ3) is 8.21. The lowest BCUT2D eigenvalue weighted by Gasteiger charge is -2.14. The summed E-state index contributed by atoms with van der Waals surface area (Å²) in [5.41, 5.74) is 0. The number of alkyl carbamates (subject to hydrolysis) is 1. The molecule has 0 bridgehead atoms. The van der Waals surface area contributed by atoms with Crippen molar-refractivity contribution in [1.82, 2.24) is 15.1 Å². The van der Waals surface area contributed by atoms with Gasteiger partial charge in [-0.3, -0.25) is 9.69 Å². The minimum atomic E-state index is -0.657. The first-order valence-electron chi connectivity index (χ1n) is 10.6. The van der Waals surface area contributed by atoms with E-state index in [1.54, 1.807) is 4.90 Å². The molecule has 0 aromatic carbocycles. The number of likely N-dealkylation sites (tertiary alicyclic amines) is 2. The predicted molar refractivity (Wildman–Crippen MR) is 106 cm³/mol. The monoisotopic (exact) mass is 377 g/mol. The second-order valence-corrected chi connectivity index (χ2v) is 7.47. The summed E-state index contributed by atoms with van der Waals surface area (Å²) in [6.45, 7) is 6.87. The zero-order chi connectivity index (χ0) is 19.3. The van der Waals surface area contributed by atoms with Gasteiger partial charge in [-0.25, -0.2) is 4.79 Å². The summed E-state index contributed by atoms with van der Waals surface area (Å²) in [6, 6.07) is 0. The maximum atomic E-state index is 12.3. The fourth-order valence-electron chi connectivity index (χ4n) is 3.50. The number of hydrogen-bond acceptors (Lipinski definition) is 4. The Hall–Kier alpha value is -1.74. The quantitative estimate of drug-likeness (QED) is 0.470. The minimum absolute atomic E-state index is 0.125. The van der Waals surface area contributed by atoms with Gasteiger partial charge in [0.2, 0.25) is 0 Å². The molecular weight excluding hydrogens is 342 g/mol. The molecule has 152 valence electrons. The number of nitrogens with zero attached hydrogens (tertiary/aromatic N) is 2. The SMILES string of the molecule is CCCCCCCCNC(=O)OC1CCN(CC#CCN2CCCC2)C1=O. The van der Waals surface area contributed by atoms with Gasteiger partial charge in [-0.1, -0.05) is 50.9 Å². The molecule has 2 fully saturated rings. The highest BCUT2D eigenvalue weighted by Gasteiger charge is 2.34. The third-order valence-electron chi connectivity index (χ3n) is 5.19. The first-order chi connectivity index (χ1) is 13.2. The van der Waals surface area contributed by atoms with Gasteiger partial charge in [0.1, 0.15) is 0 Å². The standard InChI is InChI=1S/C21H35N3O3/c1-2-3-4-5-6-7-13-22-21(26)27-19-12-18-24(20(19)25)17-11-10-16-23-14-8-9-15-23/h19H,2-9,12-18H2,1H3,(H,22,26). The van der Waals surface area contributed by atoms with E-state index in [4.69, 9.17) is 4.74 Å². The van der Waals surface area contributed by atoms with Crippen LogP contribution in [-0.4, -0.2) is 67.2 Å². The molecule has 2 saturated heterocycles. The minimum Gasteiger partial charge on any atom is -0.436 e. The number of rotatable bonds is 10. The molecule has 1 atom stereocenters. The Kier molecular flexibility index (Phi) is 10.1. The Balaban J connectivity index is 1.56. The third-order valence-corrected chi connectivity index (χ3v) is 5.19. The van der Waals surface area contributed by atoms with Gasteiger partial charge in [0, 0.05) is 19.5 Å². The second kappa shape index (κ2) is 12.6. The van der Waals surface area contributed by atoms with E-state index in [9.17, 15) is 9.59 Å². The van der Waals surface area contributed by atoms with Crippen LogP contribution in [0.4, 0.5) is 4.79 Å². The summed E-state index contributed by atoms with van der Waals surface area (Å²) in [4.78, 5) is 28.2. The molecule has 2 aliphatic rings. The van der Waals surface area contributed by atoms with E-state index in [2.05, 4.69) is 29.0 Å². The molecule has 6 nitrogen and oxygen atoms in total. The van der Waals surface area contributed by atoms with Crippen molar-refractivity contribution >= 4 is 12.0 Å². The predicted octanol–water partition coefficient (Wildman–Crippen LogP) is 2.77. The molecule has 2 aliphatic heterocycles. The molecule has 0 aromatic rings. The number of ether oxygens (including phenoxy) is 1. The van der Waals surface area contributed by atoms with E-state index < -0.39 is 12.2 Å². The summed E-state index contributed by atoms with van der Waals surface area (Å²) >= 11 is 0. The van der Waals surface area contributed by atoms with Crippen molar-refractivity contribution in [1.29, 1.82) is 0 Å². The van der Waals surface area contributed by atoms with Crippen molar-refractivity contribution in [2.75, 3.05) is 39.3 Å². The van der Waals surface area contributed by atoms with Crippen molar-refractivity contribution in [2.45, 2.75) is 70.8 Å². The van der Waals surface area contributed by atoms with Crippen LogP contribution in [0.1, 0.15) is 64.7 Å². The molecule has 27 heavy (non-hydrogen) atoms. The molecule has 1 unspecified atom stereocenters. The molecule has 1 N–H and O–H groups in total. The number of hydrogen-bond donors (Lipinski definition) is 1. The number of carbonyl (C=O) groups excluding carboxylic acids is 2. The first-order valence-corrected chi connectivity index (χ1v) is 10.6. The van der Waals surface area contributed by atoms with E-state index in [0.717, 1.165) is 32.5 Å². The molecular formula is C21H35N3O3. The van der Waals surface area contributed by atoms with Gasteiger partial charge in [-0.05, 0) is 32.4 Å². The smallest absolute Gasteiger partial charge is 0.407 e. The average Bonchev–Trinajstić information content (AvgIpc) is 3.29. The summed E-state index contributed by atoms with van der Waals surface area (Å²) in [7, 11) is 0. The summed E-state index contributed by atoms with van der Waals surface area (Å²) in [6.07, 6.45) is 8.98. The van der Waals surface area contributed by atoms with Gasteiger partial charge in [-0.2, -0.15) is 0 Å². The van der Waals surface area contributed by atoms with E-state index in [1.165, 1.54) is 38.5 Å². The van der Waals surface area contributed by atoms with Gasteiger partial charge in [0.15, 0.2) is 6.10 Å². The van der Waals surface area contributed by atoms with Gasteiger partial charge >= 0.3 is 6.09 Å². The molecule has 0 spiro atoms. The average molecular weight is 378 g/mol. The van der Waals surface area contributed by atoms with Gasteiger partial charge in [-0.15, -0.1) is 0 Å². The van der Waals surface area contributed by atoms with Crippen LogP contribution in [-0.2, 0) is 9.53 Å². The normalized spacial score (nSPS) is 19.8. The number of amides is 2. The van der Waals surface area contributed by atoms with Gasteiger partial charge in [0.25, 0.3) is 5.91 Å². The number of carbonyl (C=O) groups is 2. The van der Waals surface area contributed by atoms with Crippen LogP contribution in [0.25, 0.3) is 0 Å². The van der Waals surface area contributed by atoms with E-state index >= 15 is 0 Å². The molecule has 2 rings (SSSR count). The highest BCUT2D eigenvalue weighted by Crippen LogP contribution is 2.14. The van der Waals surface area contributed by atoms with E-state index in [0.29, 0.717) is 26.1 Å². The first kappa shape index (κ1) is 21.6. The van der Waals surface area contributed by atoms with Crippen LogP contribution >= 0.6 is 0 Å². The molecule has 0 saturated carbocycles. The number of nitrogens with one attached hydrogen (secondary N) is 1. The van der Waals surface area contributed by atoms with Gasteiger partial charge < -0.3 is 15.0 Å². The molecule has 0 radical (unpaired) electrons. The lowest BCUT2D eigenvalue weighted by Crippen LogP contribution is -2.35. The molecule has 2 amide bonds. The zero-order valence-electron chi connectivity index (χ0n) is 16.8. The summed E-state index contributed by atoms with van der Waals surface area (Å²) in [5.74, 6) is 6.10. The molecule has 0 aromatic heterocycles. The molecule has 0 aliphatic carbocycles. The topological polar surface area (TPSA) is 61.9 Å². The molecule has 6 heteroatoms. The lowest BCUT2D eigenvalue weighted by molar-refractivity contribution is -0.134. The van der Waals surface area contributed by atoms with Crippen molar-refractivity contribution in [3.63, 3.8) is 0 Å². The summed E-state index contributed by atoms with van der Waals surface area (Å²) in [5, 5.41) is 2.75. The summed E-state index contributed by atoms with van der Waals surface area (Å²) < 4.78 is 5.29. The van der Waals surface area contributed by atoms with Crippen molar-refractivity contribution in [3.05, 3.63) is 0 Å². The highest BCUT2D eigenvalue weighted by molar-refractivity contribution is 5.85. The highest BCUT2D eigenvalue weighted by atomic mass is 16.6. The molecule has 2 heterocycles. The van der Waals surface area contributed by atoms with Crippen molar-refractivity contribution < 1.29 is 14.3 Å². The number of unbranched alkanes of at least 4 members (excludes halogenated alkanes) is 5. The maximum absolute atomic E-state index is 12.3.